The Morgan fingerprint density at radius 3 is 2.84 bits per heavy atom. The smallest absolute Gasteiger partial charge is 0.163 e. The monoisotopic (exact) mass is 347 g/mol. The molecule has 0 spiro atoms. The molecular formula is C20H29NO4. The van der Waals surface area contributed by atoms with Gasteiger partial charge in [0.05, 0.1) is 18.8 Å². The molecule has 5 atom stereocenters. The Morgan fingerprint density at radius 1 is 1.24 bits per heavy atom. The zero-order valence-electron chi connectivity index (χ0n) is 15.1. The summed E-state index contributed by atoms with van der Waals surface area (Å²) in [4.78, 5) is 2.34. The fraction of sp³-hybridized carbons (Fsp3) is 0.700. The van der Waals surface area contributed by atoms with E-state index in [0.717, 1.165) is 25.9 Å². The Morgan fingerprint density at radius 2 is 2.04 bits per heavy atom. The minimum Gasteiger partial charge on any atom is -0.391 e. The Bertz CT molecular complexity index is 578. The quantitative estimate of drug-likeness (QED) is 0.828. The highest BCUT2D eigenvalue weighted by Crippen LogP contribution is 2.41. The van der Waals surface area contributed by atoms with Gasteiger partial charge < -0.3 is 19.3 Å². The number of rotatable bonds is 5. The first-order chi connectivity index (χ1) is 12.0. The summed E-state index contributed by atoms with van der Waals surface area (Å²) in [6.07, 6.45) is 1.59. The Hall–Kier alpha value is -0.980. The predicted molar refractivity (Wildman–Crippen MR) is 94.0 cm³/mol. The average Bonchev–Trinajstić information content (AvgIpc) is 3.06. The molecule has 3 heterocycles. The van der Waals surface area contributed by atoms with Crippen LogP contribution in [0.25, 0.3) is 0 Å². The van der Waals surface area contributed by atoms with Gasteiger partial charge in [0.1, 0.15) is 12.2 Å². The maximum atomic E-state index is 10.9. The molecule has 0 bridgehead atoms. The number of aliphatic hydroxyl groups is 1. The van der Waals surface area contributed by atoms with E-state index in [0.29, 0.717) is 13.2 Å². The van der Waals surface area contributed by atoms with Crippen molar-refractivity contribution >= 4 is 0 Å². The third kappa shape index (κ3) is 3.62. The molecule has 5 nitrogen and oxygen atoms in total. The molecule has 0 aromatic heterocycles. The van der Waals surface area contributed by atoms with Crippen molar-refractivity contribution in [3.8, 4) is 0 Å². The lowest BCUT2D eigenvalue weighted by atomic mass is 9.85. The first kappa shape index (κ1) is 17.4. The first-order valence-corrected chi connectivity index (χ1v) is 9.43. The van der Waals surface area contributed by atoms with Gasteiger partial charge >= 0.3 is 0 Å². The fourth-order valence-electron chi connectivity index (χ4n) is 4.60. The summed E-state index contributed by atoms with van der Waals surface area (Å²) in [5, 5.41) is 10.9. The van der Waals surface area contributed by atoms with Gasteiger partial charge in [0.25, 0.3) is 0 Å². The zero-order chi connectivity index (χ0) is 17.4. The van der Waals surface area contributed by atoms with E-state index >= 15 is 0 Å². The van der Waals surface area contributed by atoms with Gasteiger partial charge in [-0.2, -0.15) is 0 Å². The average molecular weight is 347 g/mol. The summed E-state index contributed by atoms with van der Waals surface area (Å²) >= 11 is 0. The van der Waals surface area contributed by atoms with Crippen LogP contribution in [0, 0.1) is 5.92 Å². The largest absolute Gasteiger partial charge is 0.391 e. The molecule has 3 fully saturated rings. The van der Waals surface area contributed by atoms with Crippen LogP contribution in [-0.2, 0) is 20.8 Å². The number of ether oxygens (including phenoxy) is 3. The molecule has 1 aromatic rings. The van der Waals surface area contributed by atoms with Crippen molar-refractivity contribution in [2.45, 2.75) is 63.4 Å². The first-order valence-electron chi connectivity index (χ1n) is 9.43. The molecule has 25 heavy (non-hydrogen) atoms. The predicted octanol–water partition coefficient (Wildman–Crippen LogP) is 2.18. The highest BCUT2D eigenvalue weighted by atomic mass is 16.8. The topological polar surface area (TPSA) is 51.2 Å². The van der Waals surface area contributed by atoms with Crippen LogP contribution in [0.2, 0.25) is 0 Å². The van der Waals surface area contributed by atoms with Crippen LogP contribution in [0.5, 0.6) is 0 Å². The molecule has 138 valence electrons. The van der Waals surface area contributed by atoms with Crippen LogP contribution in [0.15, 0.2) is 30.3 Å². The SMILES string of the molecule is CC1(C)O[C@H]2[C@H]3[C@H](O)[C@@H](CCOCc4ccccc4)CCN3C[C@H]2O1. The van der Waals surface area contributed by atoms with Gasteiger partial charge in [0, 0.05) is 13.2 Å². The van der Waals surface area contributed by atoms with Gasteiger partial charge in [-0.15, -0.1) is 0 Å². The second kappa shape index (κ2) is 6.97. The van der Waals surface area contributed by atoms with Gasteiger partial charge in [-0.3, -0.25) is 4.90 Å². The van der Waals surface area contributed by atoms with Gasteiger partial charge in [-0.25, -0.2) is 0 Å². The van der Waals surface area contributed by atoms with E-state index in [9.17, 15) is 5.11 Å². The summed E-state index contributed by atoms with van der Waals surface area (Å²) < 4.78 is 17.9. The van der Waals surface area contributed by atoms with Crippen molar-refractivity contribution < 1.29 is 19.3 Å². The summed E-state index contributed by atoms with van der Waals surface area (Å²) in [5.74, 6) is -0.268. The van der Waals surface area contributed by atoms with Crippen LogP contribution in [0.3, 0.4) is 0 Å². The molecule has 1 aromatic carbocycles. The van der Waals surface area contributed by atoms with Crippen LogP contribution >= 0.6 is 0 Å². The van der Waals surface area contributed by atoms with Crippen molar-refractivity contribution in [2.24, 2.45) is 5.92 Å². The van der Waals surface area contributed by atoms with Crippen LogP contribution in [-0.4, -0.2) is 59.8 Å². The van der Waals surface area contributed by atoms with E-state index in [2.05, 4.69) is 17.0 Å². The van der Waals surface area contributed by atoms with Crippen molar-refractivity contribution in [1.82, 2.24) is 4.90 Å². The lowest BCUT2D eigenvalue weighted by molar-refractivity contribution is -0.174. The fourth-order valence-corrected chi connectivity index (χ4v) is 4.60. The van der Waals surface area contributed by atoms with Crippen molar-refractivity contribution in [2.75, 3.05) is 19.7 Å². The molecule has 3 aliphatic rings. The Kier molecular flexibility index (Phi) is 4.86. The highest BCUT2D eigenvalue weighted by Gasteiger charge is 2.56. The molecule has 3 saturated heterocycles. The van der Waals surface area contributed by atoms with Crippen molar-refractivity contribution in [3.63, 3.8) is 0 Å². The van der Waals surface area contributed by atoms with Gasteiger partial charge in [0.2, 0.25) is 0 Å². The van der Waals surface area contributed by atoms with E-state index in [4.69, 9.17) is 14.2 Å². The minimum absolute atomic E-state index is 0.0157. The van der Waals surface area contributed by atoms with Crippen LogP contribution < -0.4 is 0 Å². The second-order valence-electron chi connectivity index (χ2n) is 7.99. The molecule has 0 saturated carbocycles. The molecule has 0 aliphatic carbocycles. The van der Waals surface area contributed by atoms with Crippen molar-refractivity contribution in [3.05, 3.63) is 35.9 Å². The Balaban J connectivity index is 1.29. The van der Waals surface area contributed by atoms with E-state index < -0.39 is 5.79 Å². The second-order valence-corrected chi connectivity index (χ2v) is 7.99. The molecule has 3 aliphatic heterocycles. The zero-order valence-corrected chi connectivity index (χ0v) is 15.1. The lowest BCUT2D eigenvalue weighted by Gasteiger charge is -2.41. The molecule has 0 amide bonds. The van der Waals surface area contributed by atoms with Gasteiger partial charge in [0.15, 0.2) is 5.79 Å². The standard InChI is InChI=1S/C20H29NO4/c1-20(2)24-16-12-21-10-8-15(18(22)17(21)19(16)25-20)9-11-23-13-14-6-4-3-5-7-14/h3-7,15-19,22H,8-13H2,1-2H3/t15-,16-,17-,18-,19-/m1/s1. The van der Waals surface area contributed by atoms with Crippen LogP contribution in [0.1, 0.15) is 32.3 Å². The van der Waals surface area contributed by atoms with E-state index in [1.54, 1.807) is 0 Å². The van der Waals surface area contributed by atoms with Gasteiger partial charge in [-0.1, -0.05) is 30.3 Å². The molecular weight excluding hydrogens is 318 g/mol. The minimum atomic E-state index is -0.535. The number of hydrogen-bond acceptors (Lipinski definition) is 5. The molecule has 1 N–H and O–H groups in total. The third-order valence-corrected chi connectivity index (χ3v) is 5.76. The number of aliphatic hydroxyl groups excluding tert-OH is 1. The summed E-state index contributed by atoms with van der Waals surface area (Å²) in [6, 6.07) is 10.3. The molecule has 0 unspecified atom stereocenters. The van der Waals surface area contributed by atoms with E-state index in [1.165, 1.54) is 5.56 Å². The number of fused-ring (bicyclic) bond motifs is 3. The molecule has 4 rings (SSSR count). The summed E-state index contributed by atoms with van der Waals surface area (Å²) in [6.45, 7) is 7.10. The maximum Gasteiger partial charge on any atom is 0.163 e. The summed E-state index contributed by atoms with van der Waals surface area (Å²) in [7, 11) is 0. The number of benzene rings is 1. The number of piperidine rings is 1. The normalized spacial score (nSPS) is 37.0. The highest BCUT2D eigenvalue weighted by molar-refractivity contribution is 5.13. The Labute approximate surface area is 149 Å². The van der Waals surface area contributed by atoms with Gasteiger partial charge in [-0.05, 0) is 44.7 Å². The third-order valence-electron chi connectivity index (χ3n) is 5.76. The summed E-state index contributed by atoms with van der Waals surface area (Å²) in [5.41, 5.74) is 1.19. The van der Waals surface area contributed by atoms with E-state index in [-0.39, 0.29) is 30.3 Å². The maximum absolute atomic E-state index is 10.9. The van der Waals surface area contributed by atoms with E-state index in [1.807, 2.05) is 32.0 Å². The lowest BCUT2D eigenvalue weighted by Crippen LogP contribution is -2.54. The molecule has 5 heteroatoms. The number of hydrogen-bond donors (Lipinski definition) is 1. The van der Waals surface area contributed by atoms with Crippen molar-refractivity contribution in [1.29, 1.82) is 0 Å². The number of nitrogens with zero attached hydrogens (tertiary/aromatic N) is 1. The van der Waals surface area contributed by atoms with Crippen LogP contribution in [0.4, 0.5) is 0 Å². The molecule has 0 radical (unpaired) electrons.